The van der Waals surface area contributed by atoms with Gasteiger partial charge in [-0.05, 0) is 24.5 Å². The van der Waals surface area contributed by atoms with Crippen molar-refractivity contribution in [3.8, 4) is 11.4 Å². The second-order valence-corrected chi connectivity index (χ2v) is 6.55. The van der Waals surface area contributed by atoms with Gasteiger partial charge in [-0.2, -0.15) is 0 Å². The molecule has 4 rings (SSSR count). The first-order chi connectivity index (χ1) is 12.6. The highest BCUT2D eigenvalue weighted by molar-refractivity contribution is 5.98. The number of primary amides is 1. The smallest absolute Gasteiger partial charge is 0.269 e. The number of nitrogens with one attached hydrogen (secondary N) is 2. The highest BCUT2D eigenvalue weighted by Crippen LogP contribution is 2.26. The average Bonchev–Trinajstić information content (AvgIpc) is 3.07. The second kappa shape index (κ2) is 6.72. The number of rotatable bonds is 4. The lowest BCUT2D eigenvalue weighted by molar-refractivity contribution is 0.0537. The van der Waals surface area contributed by atoms with Gasteiger partial charge in [0.05, 0.1) is 30.2 Å². The number of aromatic nitrogens is 4. The van der Waals surface area contributed by atoms with Gasteiger partial charge in [0.2, 0.25) is 0 Å². The fourth-order valence-corrected chi connectivity index (χ4v) is 3.21. The number of fused-ring (bicyclic) bond motifs is 1. The molecule has 1 aliphatic heterocycles. The van der Waals surface area contributed by atoms with Crippen LogP contribution >= 0.6 is 0 Å². The van der Waals surface area contributed by atoms with E-state index in [9.17, 15) is 4.79 Å². The molecule has 8 nitrogen and oxygen atoms in total. The van der Waals surface area contributed by atoms with Gasteiger partial charge in [-0.15, -0.1) is 0 Å². The number of H-pyrrole nitrogens is 1. The third-order valence-electron chi connectivity index (χ3n) is 4.66. The van der Waals surface area contributed by atoms with E-state index in [1.807, 2.05) is 12.1 Å². The normalized spacial score (nSPS) is 20.2. The number of carbonyl (C=O) groups excluding carboxylic acids is 1. The minimum atomic E-state index is -0.615. The molecule has 1 amide bonds. The predicted octanol–water partition coefficient (Wildman–Crippen LogP) is 1.96. The van der Waals surface area contributed by atoms with Crippen LogP contribution in [0, 0.1) is 5.92 Å². The topological polar surface area (TPSA) is 119 Å². The quantitative estimate of drug-likeness (QED) is 0.660. The van der Waals surface area contributed by atoms with Gasteiger partial charge in [0.25, 0.3) is 5.91 Å². The Bertz CT molecular complexity index is 921. The maximum absolute atomic E-state index is 11.8. The minimum Gasteiger partial charge on any atom is -0.381 e. The monoisotopic (exact) mass is 352 g/mol. The average molecular weight is 352 g/mol. The SMILES string of the molecule is C[C@H]1COCC[C@H]1Nc1cnc(C(N)=O)c(-c2cc3ccncc3[nH]2)n1. The Kier molecular flexibility index (Phi) is 4.26. The molecular weight excluding hydrogens is 332 g/mol. The van der Waals surface area contributed by atoms with Crippen molar-refractivity contribution in [2.24, 2.45) is 11.7 Å². The molecule has 4 N–H and O–H groups in total. The number of anilines is 1. The highest BCUT2D eigenvalue weighted by atomic mass is 16.5. The molecule has 0 saturated carbocycles. The van der Waals surface area contributed by atoms with Gasteiger partial charge in [0.15, 0.2) is 5.69 Å². The van der Waals surface area contributed by atoms with Crippen molar-refractivity contribution in [2.75, 3.05) is 18.5 Å². The Morgan fingerprint density at radius 2 is 2.31 bits per heavy atom. The van der Waals surface area contributed by atoms with Crippen molar-refractivity contribution < 1.29 is 9.53 Å². The molecule has 8 heteroatoms. The van der Waals surface area contributed by atoms with Crippen LogP contribution in [0.1, 0.15) is 23.8 Å². The van der Waals surface area contributed by atoms with Crippen LogP contribution in [-0.2, 0) is 4.74 Å². The lowest BCUT2D eigenvalue weighted by atomic mass is 9.98. The summed E-state index contributed by atoms with van der Waals surface area (Å²) in [7, 11) is 0. The third-order valence-corrected chi connectivity index (χ3v) is 4.66. The van der Waals surface area contributed by atoms with Crippen LogP contribution < -0.4 is 11.1 Å². The number of nitrogens with zero attached hydrogens (tertiary/aromatic N) is 3. The Balaban J connectivity index is 1.72. The molecule has 0 aromatic carbocycles. The van der Waals surface area contributed by atoms with Crippen molar-refractivity contribution in [2.45, 2.75) is 19.4 Å². The van der Waals surface area contributed by atoms with Gasteiger partial charge in [-0.1, -0.05) is 6.92 Å². The van der Waals surface area contributed by atoms with Crippen LogP contribution in [-0.4, -0.2) is 45.1 Å². The van der Waals surface area contributed by atoms with E-state index in [1.165, 1.54) is 0 Å². The zero-order chi connectivity index (χ0) is 18.1. The number of ether oxygens (including phenoxy) is 1. The zero-order valence-electron chi connectivity index (χ0n) is 14.4. The van der Waals surface area contributed by atoms with E-state index in [-0.39, 0.29) is 11.7 Å². The van der Waals surface area contributed by atoms with Gasteiger partial charge in [0, 0.05) is 24.2 Å². The van der Waals surface area contributed by atoms with Crippen molar-refractivity contribution >= 4 is 22.6 Å². The number of carbonyl (C=O) groups is 1. The number of hydrogen-bond donors (Lipinski definition) is 3. The van der Waals surface area contributed by atoms with Gasteiger partial charge < -0.3 is 20.8 Å². The molecule has 3 aromatic heterocycles. The predicted molar refractivity (Wildman–Crippen MR) is 97.6 cm³/mol. The van der Waals surface area contributed by atoms with E-state index in [4.69, 9.17) is 10.5 Å². The number of pyridine rings is 1. The largest absolute Gasteiger partial charge is 0.381 e. The molecule has 134 valence electrons. The van der Waals surface area contributed by atoms with E-state index in [1.54, 1.807) is 18.6 Å². The van der Waals surface area contributed by atoms with E-state index in [2.05, 4.69) is 32.2 Å². The first-order valence-electron chi connectivity index (χ1n) is 8.56. The van der Waals surface area contributed by atoms with E-state index in [0.29, 0.717) is 29.7 Å². The first kappa shape index (κ1) is 16.5. The molecule has 0 aliphatic carbocycles. The first-order valence-corrected chi connectivity index (χ1v) is 8.56. The molecule has 26 heavy (non-hydrogen) atoms. The van der Waals surface area contributed by atoms with Crippen LogP contribution in [0.3, 0.4) is 0 Å². The zero-order valence-corrected chi connectivity index (χ0v) is 14.4. The maximum atomic E-state index is 11.8. The summed E-state index contributed by atoms with van der Waals surface area (Å²) < 4.78 is 5.48. The van der Waals surface area contributed by atoms with Crippen LogP contribution in [0.15, 0.2) is 30.7 Å². The van der Waals surface area contributed by atoms with Crippen LogP contribution in [0.4, 0.5) is 5.82 Å². The Hall–Kier alpha value is -3.00. The Morgan fingerprint density at radius 1 is 1.42 bits per heavy atom. The van der Waals surface area contributed by atoms with Crippen molar-refractivity contribution in [1.82, 2.24) is 19.9 Å². The fraction of sp³-hybridized carbons (Fsp3) is 0.333. The summed E-state index contributed by atoms with van der Waals surface area (Å²) in [4.78, 5) is 28.0. The third kappa shape index (κ3) is 3.11. The van der Waals surface area contributed by atoms with Gasteiger partial charge in [-0.3, -0.25) is 9.78 Å². The summed E-state index contributed by atoms with van der Waals surface area (Å²) in [5, 5.41) is 4.38. The van der Waals surface area contributed by atoms with Crippen molar-refractivity contribution in [3.05, 3.63) is 36.4 Å². The molecule has 1 fully saturated rings. The molecule has 1 saturated heterocycles. The number of hydrogen-bond acceptors (Lipinski definition) is 6. The minimum absolute atomic E-state index is 0.134. The Labute approximate surface area is 150 Å². The second-order valence-electron chi connectivity index (χ2n) is 6.55. The molecule has 3 aromatic rings. The van der Waals surface area contributed by atoms with Crippen LogP contribution in [0.5, 0.6) is 0 Å². The summed E-state index contributed by atoms with van der Waals surface area (Å²) >= 11 is 0. The maximum Gasteiger partial charge on any atom is 0.269 e. The molecule has 4 heterocycles. The molecule has 0 unspecified atom stereocenters. The summed E-state index contributed by atoms with van der Waals surface area (Å²) in [5.41, 5.74) is 7.60. The number of nitrogens with two attached hydrogens (primary N) is 1. The fourth-order valence-electron chi connectivity index (χ4n) is 3.21. The summed E-state index contributed by atoms with van der Waals surface area (Å²) in [6.07, 6.45) is 5.89. The van der Waals surface area contributed by atoms with Crippen LogP contribution in [0.2, 0.25) is 0 Å². The summed E-state index contributed by atoms with van der Waals surface area (Å²) in [6, 6.07) is 4.05. The van der Waals surface area contributed by atoms with Crippen LogP contribution in [0.25, 0.3) is 22.3 Å². The summed E-state index contributed by atoms with van der Waals surface area (Å²) in [5.74, 6) is 0.361. The van der Waals surface area contributed by atoms with E-state index < -0.39 is 5.91 Å². The van der Waals surface area contributed by atoms with Crippen molar-refractivity contribution in [1.29, 1.82) is 0 Å². The molecule has 0 bridgehead atoms. The Morgan fingerprint density at radius 3 is 3.08 bits per heavy atom. The molecule has 0 radical (unpaired) electrons. The van der Waals surface area contributed by atoms with Gasteiger partial charge in [0.1, 0.15) is 11.5 Å². The molecule has 2 atom stereocenters. The number of amides is 1. The molecule has 1 aliphatic rings. The standard InChI is InChI=1S/C18H20N6O2/c1-10-9-26-5-3-12(10)23-15-8-21-17(18(19)25)16(24-15)13-6-11-2-4-20-7-14(11)22-13/h2,4,6-8,10,12,22H,3,5,9H2,1H3,(H2,19,25)(H,23,24)/t10-,12+/m0/s1. The van der Waals surface area contributed by atoms with Crippen molar-refractivity contribution in [3.63, 3.8) is 0 Å². The summed E-state index contributed by atoms with van der Waals surface area (Å²) in [6.45, 7) is 3.57. The lowest BCUT2D eigenvalue weighted by Gasteiger charge is -2.30. The van der Waals surface area contributed by atoms with Gasteiger partial charge in [-0.25, -0.2) is 9.97 Å². The van der Waals surface area contributed by atoms with E-state index >= 15 is 0 Å². The van der Waals surface area contributed by atoms with Gasteiger partial charge >= 0.3 is 0 Å². The molecular formula is C18H20N6O2. The highest BCUT2D eigenvalue weighted by Gasteiger charge is 2.23. The number of aromatic amines is 1. The molecule has 0 spiro atoms. The van der Waals surface area contributed by atoms with E-state index in [0.717, 1.165) is 23.9 Å². The lowest BCUT2D eigenvalue weighted by Crippen LogP contribution is -2.36.